The van der Waals surface area contributed by atoms with Gasteiger partial charge >= 0.3 is 5.97 Å². The maximum absolute atomic E-state index is 11.3. The number of rotatable bonds is 6. The molecule has 0 spiro atoms. The number of benzene rings is 3. The first-order chi connectivity index (χ1) is 14.7. The van der Waals surface area contributed by atoms with Crippen molar-refractivity contribution < 1.29 is 9.90 Å². The summed E-state index contributed by atoms with van der Waals surface area (Å²) < 4.78 is 0. The SMILES string of the molecule is O=C(O)c1ncccc1/C=C/c1ccc(N(c2ccccc2)c2ccccc2)cc1. The van der Waals surface area contributed by atoms with E-state index in [0.717, 1.165) is 22.6 Å². The van der Waals surface area contributed by atoms with Crippen molar-refractivity contribution in [3.63, 3.8) is 0 Å². The molecule has 0 radical (unpaired) electrons. The van der Waals surface area contributed by atoms with Crippen LogP contribution in [0.1, 0.15) is 21.6 Å². The molecule has 0 fully saturated rings. The predicted molar refractivity (Wildman–Crippen MR) is 121 cm³/mol. The average Bonchev–Trinajstić information content (AvgIpc) is 2.80. The van der Waals surface area contributed by atoms with Gasteiger partial charge in [0.05, 0.1) is 0 Å². The van der Waals surface area contributed by atoms with E-state index in [2.05, 4.69) is 46.3 Å². The van der Waals surface area contributed by atoms with Gasteiger partial charge in [-0.2, -0.15) is 0 Å². The second-order valence-electron chi connectivity index (χ2n) is 6.68. The molecular weight excluding hydrogens is 372 g/mol. The van der Waals surface area contributed by atoms with E-state index < -0.39 is 5.97 Å². The van der Waals surface area contributed by atoms with Gasteiger partial charge in [-0.05, 0) is 48.0 Å². The number of para-hydroxylation sites is 2. The zero-order valence-corrected chi connectivity index (χ0v) is 16.2. The Morgan fingerprint density at radius 3 is 1.83 bits per heavy atom. The first kappa shape index (κ1) is 19.2. The van der Waals surface area contributed by atoms with Crippen LogP contribution in [0.4, 0.5) is 17.1 Å². The third-order valence-electron chi connectivity index (χ3n) is 4.68. The normalized spacial score (nSPS) is 10.8. The van der Waals surface area contributed by atoms with Crippen molar-refractivity contribution in [1.82, 2.24) is 4.98 Å². The van der Waals surface area contributed by atoms with E-state index in [1.807, 2.05) is 54.6 Å². The Labute approximate surface area is 175 Å². The zero-order valence-electron chi connectivity index (χ0n) is 16.2. The summed E-state index contributed by atoms with van der Waals surface area (Å²) in [4.78, 5) is 17.4. The van der Waals surface area contributed by atoms with E-state index in [1.165, 1.54) is 6.20 Å². The zero-order chi connectivity index (χ0) is 20.8. The van der Waals surface area contributed by atoms with Crippen LogP contribution < -0.4 is 4.90 Å². The van der Waals surface area contributed by atoms with Crippen molar-refractivity contribution in [2.45, 2.75) is 0 Å². The van der Waals surface area contributed by atoms with Gasteiger partial charge in [-0.3, -0.25) is 0 Å². The standard InChI is InChI=1S/C26H20N2O2/c29-26(30)25-21(8-7-19-27-25)16-13-20-14-17-24(18-15-20)28(22-9-3-1-4-10-22)23-11-5-2-6-12-23/h1-19H,(H,29,30)/b16-13+. The highest BCUT2D eigenvalue weighted by molar-refractivity contribution is 5.91. The number of pyridine rings is 1. The van der Waals surface area contributed by atoms with Gasteiger partial charge in [0.1, 0.15) is 0 Å². The Hall–Kier alpha value is -4.18. The molecule has 0 saturated heterocycles. The smallest absolute Gasteiger partial charge is 0.355 e. The molecule has 4 aromatic rings. The number of hydrogen-bond donors (Lipinski definition) is 1. The topological polar surface area (TPSA) is 53.4 Å². The van der Waals surface area contributed by atoms with E-state index in [-0.39, 0.29) is 5.69 Å². The van der Waals surface area contributed by atoms with Crippen LogP contribution in [0.5, 0.6) is 0 Å². The molecule has 0 amide bonds. The van der Waals surface area contributed by atoms with Crippen LogP contribution in [0.2, 0.25) is 0 Å². The minimum absolute atomic E-state index is 0.0460. The lowest BCUT2D eigenvalue weighted by molar-refractivity contribution is 0.0690. The number of aromatic carboxylic acids is 1. The number of carbonyl (C=O) groups is 1. The minimum atomic E-state index is -1.04. The van der Waals surface area contributed by atoms with Crippen LogP contribution in [0.15, 0.2) is 103 Å². The lowest BCUT2D eigenvalue weighted by Gasteiger charge is -2.25. The van der Waals surface area contributed by atoms with Gasteiger partial charge in [-0.1, -0.05) is 66.7 Å². The van der Waals surface area contributed by atoms with Crippen molar-refractivity contribution in [1.29, 1.82) is 0 Å². The van der Waals surface area contributed by atoms with Crippen LogP contribution >= 0.6 is 0 Å². The van der Waals surface area contributed by atoms with Crippen LogP contribution in [-0.2, 0) is 0 Å². The molecule has 3 aromatic carbocycles. The number of carboxylic acid groups (broad SMARTS) is 1. The van der Waals surface area contributed by atoms with E-state index in [4.69, 9.17) is 0 Å². The molecule has 0 atom stereocenters. The van der Waals surface area contributed by atoms with Crippen molar-refractivity contribution >= 4 is 35.2 Å². The second-order valence-corrected chi connectivity index (χ2v) is 6.68. The molecule has 0 unspecified atom stereocenters. The first-order valence-corrected chi connectivity index (χ1v) is 9.59. The molecule has 146 valence electrons. The minimum Gasteiger partial charge on any atom is -0.476 e. The monoisotopic (exact) mass is 392 g/mol. The fraction of sp³-hybridized carbons (Fsp3) is 0. The molecule has 30 heavy (non-hydrogen) atoms. The summed E-state index contributed by atoms with van der Waals surface area (Å²) in [5.41, 5.74) is 4.79. The maximum Gasteiger partial charge on any atom is 0.355 e. The van der Waals surface area contributed by atoms with Crippen LogP contribution in [0, 0.1) is 0 Å². The summed E-state index contributed by atoms with van der Waals surface area (Å²) in [7, 11) is 0. The van der Waals surface area contributed by atoms with Gasteiger partial charge in [0.2, 0.25) is 0 Å². The molecule has 0 bridgehead atoms. The molecule has 4 heteroatoms. The van der Waals surface area contributed by atoms with Gasteiger partial charge in [0, 0.05) is 28.8 Å². The Bertz CT molecular complexity index is 1120. The summed E-state index contributed by atoms with van der Waals surface area (Å²) in [6.07, 6.45) is 5.15. The average molecular weight is 392 g/mol. The highest BCUT2D eigenvalue weighted by atomic mass is 16.4. The number of carboxylic acids is 1. The lowest BCUT2D eigenvalue weighted by Crippen LogP contribution is -2.09. The van der Waals surface area contributed by atoms with Gasteiger partial charge in [-0.15, -0.1) is 0 Å². The number of nitrogens with zero attached hydrogens (tertiary/aromatic N) is 2. The maximum atomic E-state index is 11.3. The van der Waals surface area contributed by atoms with E-state index in [0.29, 0.717) is 5.56 Å². The summed E-state index contributed by atoms with van der Waals surface area (Å²) in [5, 5.41) is 9.27. The fourth-order valence-corrected chi connectivity index (χ4v) is 3.25. The molecule has 0 aliphatic heterocycles. The molecular formula is C26H20N2O2. The van der Waals surface area contributed by atoms with Crippen molar-refractivity contribution in [2.24, 2.45) is 0 Å². The summed E-state index contributed by atoms with van der Waals surface area (Å²) in [5.74, 6) is -1.04. The fourth-order valence-electron chi connectivity index (χ4n) is 3.25. The highest BCUT2D eigenvalue weighted by Gasteiger charge is 2.11. The first-order valence-electron chi connectivity index (χ1n) is 9.59. The van der Waals surface area contributed by atoms with Gasteiger partial charge in [0.25, 0.3) is 0 Å². The van der Waals surface area contributed by atoms with Crippen molar-refractivity contribution in [2.75, 3.05) is 4.90 Å². The summed E-state index contributed by atoms with van der Waals surface area (Å²) in [6.45, 7) is 0. The van der Waals surface area contributed by atoms with E-state index in [9.17, 15) is 9.90 Å². The van der Waals surface area contributed by atoms with E-state index in [1.54, 1.807) is 18.2 Å². The van der Waals surface area contributed by atoms with Gasteiger partial charge in [0.15, 0.2) is 5.69 Å². The molecule has 4 rings (SSSR count). The second kappa shape index (κ2) is 8.88. The summed E-state index contributed by atoms with van der Waals surface area (Å²) >= 11 is 0. The van der Waals surface area contributed by atoms with Gasteiger partial charge in [-0.25, -0.2) is 9.78 Å². The number of hydrogen-bond acceptors (Lipinski definition) is 3. The quantitative estimate of drug-likeness (QED) is 0.411. The highest BCUT2D eigenvalue weighted by Crippen LogP contribution is 2.34. The molecule has 0 saturated carbocycles. The van der Waals surface area contributed by atoms with Crippen molar-refractivity contribution in [3.8, 4) is 0 Å². The lowest BCUT2D eigenvalue weighted by atomic mass is 10.1. The Balaban J connectivity index is 1.64. The van der Waals surface area contributed by atoms with Gasteiger partial charge < -0.3 is 10.0 Å². The molecule has 1 heterocycles. The van der Waals surface area contributed by atoms with Crippen LogP contribution in [0.3, 0.4) is 0 Å². The predicted octanol–water partition coefficient (Wildman–Crippen LogP) is 6.42. The Morgan fingerprint density at radius 2 is 1.27 bits per heavy atom. The van der Waals surface area contributed by atoms with E-state index >= 15 is 0 Å². The van der Waals surface area contributed by atoms with Crippen molar-refractivity contribution in [3.05, 3.63) is 120 Å². The number of aromatic nitrogens is 1. The van der Waals surface area contributed by atoms with Crippen LogP contribution in [-0.4, -0.2) is 16.1 Å². The third-order valence-corrected chi connectivity index (χ3v) is 4.68. The molecule has 1 aromatic heterocycles. The third kappa shape index (κ3) is 4.28. The Kier molecular flexibility index (Phi) is 5.67. The summed E-state index contributed by atoms with van der Waals surface area (Å²) in [6, 6.07) is 32.0. The molecule has 0 aliphatic carbocycles. The Morgan fingerprint density at radius 1 is 0.700 bits per heavy atom. The number of anilines is 3. The largest absolute Gasteiger partial charge is 0.476 e. The molecule has 4 nitrogen and oxygen atoms in total. The van der Waals surface area contributed by atoms with Crippen LogP contribution in [0.25, 0.3) is 12.2 Å². The molecule has 1 N–H and O–H groups in total. The molecule has 0 aliphatic rings.